The van der Waals surface area contributed by atoms with Crippen LogP contribution in [-0.2, 0) is 16.4 Å². The first-order chi connectivity index (χ1) is 17.3. The number of nitrogens with one attached hydrogen (secondary N) is 1. The monoisotopic (exact) mass is 543 g/mol. The Balaban J connectivity index is 1.39. The van der Waals surface area contributed by atoms with Crippen LogP contribution in [0.15, 0.2) is 34.2 Å². The van der Waals surface area contributed by atoms with Gasteiger partial charge in [-0.15, -0.1) is 11.3 Å². The minimum Gasteiger partial charge on any atom is -0.487 e. The summed E-state index contributed by atoms with van der Waals surface area (Å²) in [4.78, 5) is 21.4. The van der Waals surface area contributed by atoms with E-state index in [2.05, 4.69) is 14.7 Å². The minimum absolute atomic E-state index is 0.201. The van der Waals surface area contributed by atoms with Gasteiger partial charge in [-0.25, -0.2) is 18.1 Å². The van der Waals surface area contributed by atoms with Crippen molar-refractivity contribution in [2.75, 3.05) is 6.54 Å². The Labute approximate surface area is 221 Å². The molecule has 11 heteroatoms. The van der Waals surface area contributed by atoms with Crippen LogP contribution in [0.5, 0.6) is 5.75 Å². The number of fused-ring (bicyclic) bond motifs is 2. The molecule has 1 aromatic heterocycles. The van der Waals surface area contributed by atoms with Crippen LogP contribution >= 0.6 is 11.3 Å². The summed E-state index contributed by atoms with van der Waals surface area (Å²) in [7, 11) is -3.97. The second-order valence-electron chi connectivity index (χ2n) is 10.0. The molecule has 198 valence electrons. The molecule has 2 aromatic carbocycles. The third-order valence-electron chi connectivity index (χ3n) is 6.60. The van der Waals surface area contributed by atoms with E-state index in [1.165, 1.54) is 11.3 Å². The van der Waals surface area contributed by atoms with Crippen molar-refractivity contribution < 1.29 is 17.9 Å². The number of carbonyl (C=O) groups is 1. The lowest BCUT2D eigenvalue weighted by atomic mass is 9.94. The number of nitrogens with two attached hydrogens (primary N) is 2. The molecule has 0 bridgehead atoms. The van der Waals surface area contributed by atoms with E-state index in [1.54, 1.807) is 13.8 Å². The van der Waals surface area contributed by atoms with Crippen molar-refractivity contribution in [1.82, 2.24) is 9.71 Å². The molecule has 0 aliphatic carbocycles. The van der Waals surface area contributed by atoms with Crippen LogP contribution in [0, 0.1) is 20.8 Å². The minimum atomic E-state index is -3.97. The molecular formula is C26H33N5O4S2. The summed E-state index contributed by atoms with van der Waals surface area (Å²) < 4.78 is 36.0. The average Bonchev–Trinajstić information content (AvgIpc) is 3.40. The summed E-state index contributed by atoms with van der Waals surface area (Å²) in [5, 5.41) is 0.383. The third-order valence-corrected chi connectivity index (χ3v) is 9.28. The average molecular weight is 544 g/mol. The van der Waals surface area contributed by atoms with Gasteiger partial charge in [0.2, 0.25) is 11.7 Å². The molecule has 0 fully saturated rings. The number of benzene rings is 2. The van der Waals surface area contributed by atoms with E-state index in [0.29, 0.717) is 35.4 Å². The molecule has 4 rings (SSSR count). The zero-order valence-electron chi connectivity index (χ0n) is 21.7. The van der Waals surface area contributed by atoms with Crippen molar-refractivity contribution in [3.05, 3.63) is 51.5 Å². The quantitative estimate of drug-likeness (QED) is 0.170. The number of aromatic nitrogens is 1. The van der Waals surface area contributed by atoms with Crippen molar-refractivity contribution >= 4 is 43.3 Å². The molecule has 0 radical (unpaired) electrons. The van der Waals surface area contributed by atoms with E-state index < -0.39 is 21.7 Å². The maximum Gasteiger partial charge on any atom is 0.264 e. The molecule has 0 unspecified atom stereocenters. The number of aliphatic imine (C=N–C) groups is 1. The first kappa shape index (κ1) is 27.0. The summed E-state index contributed by atoms with van der Waals surface area (Å²) in [6.07, 6.45) is 1.45. The van der Waals surface area contributed by atoms with Crippen LogP contribution in [0.3, 0.4) is 0 Å². The van der Waals surface area contributed by atoms with Gasteiger partial charge in [0, 0.05) is 18.5 Å². The Kier molecular flexibility index (Phi) is 7.33. The standard InChI is InChI=1S/C26H33N5O4S2/c1-14-15(2)23(16(3)17-13-26(4,5)35-22(14)17)37(33,34)31-25(28)29-12-8-9-18(27)21(32)24-30-19-10-6-7-11-20(19)36-24/h6-7,10-11,18H,8-9,12-13,27H2,1-5H3,(H3,28,29,31)/t18-/m0/s1. The lowest BCUT2D eigenvalue weighted by molar-refractivity contribution is 0.0956. The van der Waals surface area contributed by atoms with Crippen LogP contribution < -0.4 is 20.9 Å². The zero-order chi connectivity index (χ0) is 27.1. The van der Waals surface area contributed by atoms with Crippen LogP contribution in [0.1, 0.15) is 58.7 Å². The molecule has 0 saturated carbocycles. The maximum absolute atomic E-state index is 13.3. The normalized spacial score (nSPS) is 15.9. The van der Waals surface area contributed by atoms with E-state index >= 15 is 0 Å². The predicted molar refractivity (Wildman–Crippen MR) is 147 cm³/mol. The van der Waals surface area contributed by atoms with Gasteiger partial charge < -0.3 is 16.2 Å². The molecule has 5 N–H and O–H groups in total. The largest absolute Gasteiger partial charge is 0.487 e. The number of guanidine groups is 1. The summed E-state index contributed by atoms with van der Waals surface area (Å²) >= 11 is 1.32. The SMILES string of the molecule is Cc1c(C)c(S(=O)(=O)NC(N)=NCCC[C@H](N)C(=O)c2nc3ccccc3s2)c(C)c2c1OC(C)(C)C2. The topological polar surface area (TPSA) is 150 Å². The maximum atomic E-state index is 13.3. The molecule has 1 atom stereocenters. The highest BCUT2D eigenvalue weighted by Crippen LogP contribution is 2.43. The molecular weight excluding hydrogens is 510 g/mol. The van der Waals surface area contributed by atoms with E-state index in [0.717, 1.165) is 27.1 Å². The van der Waals surface area contributed by atoms with Crippen LogP contribution in [0.2, 0.25) is 0 Å². The summed E-state index contributed by atoms with van der Waals surface area (Å²) in [5.41, 5.74) is 15.4. The van der Waals surface area contributed by atoms with Crippen molar-refractivity contribution in [2.45, 2.75) is 70.4 Å². The van der Waals surface area contributed by atoms with Gasteiger partial charge in [-0.3, -0.25) is 9.79 Å². The Morgan fingerprint density at radius 3 is 2.62 bits per heavy atom. The lowest BCUT2D eigenvalue weighted by Gasteiger charge is -2.19. The third kappa shape index (κ3) is 5.48. The van der Waals surface area contributed by atoms with Crippen LogP contribution in [0.4, 0.5) is 0 Å². The first-order valence-corrected chi connectivity index (χ1v) is 14.4. The van der Waals surface area contributed by atoms with E-state index in [9.17, 15) is 13.2 Å². The Morgan fingerprint density at radius 2 is 1.92 bits per heavy atom. The number of Topliss-reactive ketones (excluding diaryl/α,β-unsaturated/α-hetero) is 1. The number of hydrogen-bond acceptors (Lipinski definition) is 8. The number of rotatable bonds is 8. The van der Waals surface area contributed by atoms with Crippen molar-refractivity contribution in [1.29, 1.82) is 0 Å². The second-order valence-corrected chi connectivity index (χ2v) is 12.7. The molecule has 0 amide bonds. The van der Waals surface area contributed by atoms with Gasteiger partial charge in [-0.2, -0.15) is 0 Å². The summed E-state index contributed by atoms with van der Waals surface area (Å²) in [5.74, 6) is 0.334. The van der Waals surface area contributed by atoms with E-state index in [-0.39, 0.29) is 23.2 Å². The number of ether oxygens (including phenoxy) is 1. The lowest BCUT2D eigenvalue weighted by Crippen LogP contribution is -2.38. The van der Waals surface area contributed by atoms with Gasteiger partial charge >= 0.3 is 0 Å². The molecule has 1 aliphatic rings. The van der Waals surface area contributed by atoms with E-state index in [4.69, 9.17) is 16.2 Å². The van der Waals surface area contributed by atoms with Gasteiger partial charge in [-0.05, 0) is 76.3 Å². The number of para-hydroxylation sites is 1. The highest BCUT2D eigenvalue weighted by atomic mass is 32.2. The first-order valence-electron chi connectivity index (χ1n) is 12.1. The van der Waals surface area contributed by atoms with Crippen molar-refractivity contribution in [3.63, 3.8) is 0 Å². The van der Waals surface area contributed by atoms with Crippen LogP contribution in [-0.4, -0.2) is 43.3 Å². The fourth-order valence-electron chi connectivity index (χ4n) is 4.65. The Bertz CT molecular complexity index is 1480. The Hall–Kier alpha value is -3.02. The number of sulfonamides is 1. The van der Waals surface area contributed by atoms with Gasteiger partial charge in [-0.1, -0.05) is 12.1 Å². The molecule has 0 spiro atoms. The molecule has 3 aromatic rings. The van der Waals surface area contributed by atoms with Gasteiger partial charge in [0.05, 0.1) is 21.2 Å². The fraction of sp³-hybridized carbons (Fsp3) is 0.423. The van der Waals surface area contributed by atoms with Gasteiger partial charge in [0.25, 0.3) is 10.0 Å². The molecule has 37 heavy (non-hydrogen) atoms. The zero-order valence-corrected chi connectivity index (χ0v) is 23.3. The fourth-order valence-corrected chi connectivity index (χ4v) is 7.14. The number of carbonyl (C=O) groups excluding carboxylic acids is 1. The summed E-state index contributed by atoms with van der Waals surface area (Å²) in [6, 6.07) is 6.81. The van der Waals surface area contributed by atoms with Gasteiger partial charge in [0.15, 0.2) is 5.01 Å². The molecule has 2 heterocycles. The molecule has 0 saturated heterocycles. The predicted octanol–water partition coefficient (Wildman–Crippen LogP) is 3.52. The second kappa shape index (κ2) is 10.0. The summed E-state index contributed by atoms with van der Waals surface area (Å²) in [6.45, 7) is 9.61. The smallest absolute Gasteiger partial charge is 0.264 e. The number of thiazole rings is 1. The van der Waals surface area contributed by atoms with Crippen LogP contribution in [0.25, 0.3) is 10.2 Å². The van der Waals surface area contributed by atoms with Crippen molar-refractivity contribution in [2.24, 2.45) is 16.5 Å². The highest BCUT2D eigenvalue weighted by molar-refractivity contribution is 7.90. The number of nitrogens with zero attached hydrogens (tertiary/aromatic N) is 2. The number of hydrogen-bond donors (Lipinski definition) is 3. The molecule has 1 aliphatic heterocycles. The Morgan fingerprint density at radius 1 is 1.22 bits per heavy atom. The highest BCUT2D eigenvalue weighted by Gasteiger charge is 2.36. The number of ketones is 1. The van der Waals surface area contributed by atoms with Crippen molar-refractivity contribution in [3.8, 4) is 5.75 Å². The van der Waals surface area contributed by atoms with Gasteiger partial charge in [0.1, 0.15) is 11.4 Å². The molecule has 9 nitrogen and oxygen atoms in total. The van der Waals surface area contributed by atoms with E-state index in [1.807, 2.05) is 45.0 Å².